The van der Waals surface area contributed by atoms with Crippen molar-refractivity contribution in [3.63, 3.8) is 0 Å². The lowest BCUT2D eigenvalue weighted by Gasteiger charge is -2.18. The monoisotopic (exact) mass is 293 g/mol. The highest BCUT2D eigenvalue weighted by molar-refractivity contribution is 5.80. The van der Waals surface area contributed by atoms with E-state index in [9.17, 15) is 9.59 Å². The third-order valence-electron chi connectivity index (χ3n) is 3.74. The highest BCUT2D eigenvalue weighted by Gasteiger charge is 2.43. The Kier molecular flexibility index (Phi) is 4.80. The van der Waals surface area contributed by atoms with E-state index < -0.39 is 12.0 Å². The summed E-state index contributed by atoms with van der Waals surface area (Å²) in [5.41, 5.74) is 0.901. The molecule has 1 aromatic rings. The van der Waals surface area contributed by atoms with E-state index in [0.29, 0.717) is 6.42 Å². The first-order chi connectivity index (χ1) is 10.1. The summed E-state index contributed by atoms with van der Waals surface area (Å²) in [6.07, 6.45) is 0.357. The molecule has 1 saturated heterocycles. The quantitative estimate of drug-likeness (QED) is 0.837. The summed E-state index contributed by atoms with van der Waals surface area (Å²) in [5, 5.41) is 3.14. The van der Waals surface area contributed by atoms with Gasteiger partial charge in [0.25, 0.3) is 0 Å². The van der Waals surface area contributed by atoms with Crippen molar-refractivity contribution < 1.29 is 23.8 Å². The van der Waals surface area contributed by atoms with Crippen LogP contribution in [-0.2, 0) is 19.1 Å². The maximum atomic E-state index is 11.9. The molecule has 1 N–H and O–H groups in total. The Morgan fingerprint density at radius 3 is 2.19 bits per heavy atom. The molecular weight excluding hydrogens is 274 g/mol. The van der Waals surface area contributed by atoms with Crippen LogP contribution in [0.5, 0.6) is 5.75 Å². The molecule has 3 unspecified atom stereocenters. The molecule has 6 heteroatoms. The molecule has 3 atom stereocenters. The Hall–Kier alpha value is -2.08. The van der Waals surface area contributed by atoms with Gasteiger partial charge in [0.15, 0.2) is 0 Å². The first-order valence-corrected chi connectivity index (χ1v) is 6.66. The van der Waals surface area contributed by atoms with Gasteiger partial charge in [-0.15, -0.1) is 0 Å². The van der Waals surface area contributed by atoms with Gasteiger partial charge in [0.1, 0.15) is 11.8 Å². The van der Waals surface area contributed by atoms with Crippen LogP contribution in [0, 0.1) is 5.92 Å². The maximum absolute atomic E-state index is 11.9. The summed E-state index contributed by atoms with van der Waals surface area (Å²) < 4.78 is 14.7. The number of carbonyl (C=O) groups excluding carboxylic acids is 2. The number of ether oxygens (including phenoxy) is 3. The predicted molar refractivity (Wildman–Crippen MR) is 74.8 cm³/mol. The second-order valence-electron chi connectivity index (χ2n) is 4.86. The third kappa shape index (κ3) is 3.16. The summed E-state index contributed by atoms with van der Waals surface area (Å²) in [4.78, 5) is 23.6. The summed E-state index contributed by atoms with van der Waals surface area (Å²) in [5.74, 6) is -0.405. The lowest BCUT2D eigenvalue weighted by Crippen LogP contribution is -2.33. The van der Waals surface area contributed by atoms with Gasteiger partial charge in [0, 0.05) is 6.04 Å². The van der Waals surface area contributed by atoms with E-state index in [1.807, 2.05) is 24.3 Å². The van der Waals surface area contributed by atoms with Gasteiger partial charge in [-0.1, -0.05) is 12.1 Å². The SMILES string of the molecule is COC(=O)C1CC(C(=O)OC)C(c2ccc(OC)cc2)N1. The van der Waals surface area contributed by atoms with Gasteiger partial charge in [-0.3, -0.25) is 14.9 Å². The molecule has 21 heavy (non-hydrogen) atoms. The zero-order valence-corrected chi connectivity index (χ0v) is 12.3. The zero-order chi connectivity index (χ0) is 15.4. The van der Waals surface area contributed by atoms with Gasteiger partial charge in [-0.2, -0.15) is 0 Å². The minimum Gasteiger partial charge on any atom is -0.497 e. The molecule has 0 radical (unpaired) electrons. The molecule has 1 aromatic carbocycles. The van der Waals surface area contributed by atoms with E-state index >= 15 is 0 Å². The fourth-order valence-electron chi connectivity index (χ4n) is 2.62. The number of rotatable bonds is 4. The minimum absolute atomic E-state index is 0.285. The molecule has 6 nitrogen and oxygen atoms in total. The van der Waals surface area contributed by atoms with Crippen LogP contribution >= 0.6 is 0 Å². The first kappa shape index (κ1) is 15.3. The summed E-state index contributed by atoms with van der Waals surface area (Å²) in [6, 6.07) is 6.57. The van der Waals surface area contributed by atoms with Gasteiger partial charge in [-0.05, 0) is 24.1 Å². The number of methoxy groups -OCH3 is 3. The topological polar surface area (TPSA) is 73.9 Å². The Morgan fingerprint density at radius 1 is 1.05 bits per heavy atom. The lowest BCUT2D eigenvalue weighted by molar-refractivity contribution is -0.146. The normalized spacial score (nSPS) is 24.4. The highest BCUT2D eigenvalue weighted by Crippen LogP contribution is 2.34. The fraction of sp³-hybridized carbons (Fsp3) is 0.467. The molecule has 1 aliphatic heterocycles. The second-order valence-corrected chi connectivity index (χ2v) is 4.86. The smallest absolute Gasteiger partial charge is 0.322 e. The average molecular weight is 293 g/mol. The van der Waals surface area contributed by atoms with Crippen molar-refractivity contribution in [3.8, 4) is 5.75 Å². The van der Waals surface area contributed by atoms with Crippen molar-refractivity contribution in [3.05, 3.63) is 29.8 Å². The van der Waals surface area contributed by atoms with E-state index in [2.05, 4.69) is 5.32 Å². The van der Waals surface area contributed by atoms with Crippen molar-refractivity contribution in [2.24, 2.45) is 5.92 Å². The predicted octanol–water partition coefficient (Wildman–Crippen LogP) is 1.06. The summed E-state index contributed by atoms with van der Waals surface area (Å²) in [6.45, 7) is 0. The van der Waals surface area contributed by atoms with Crippen LogP contribution in [0.15, 0.2) is 24.3 Å². The van der Waals surface area contributed by atoms with Crippen LogP contribution in [0.4, 0.5) is 0 Å². The minimum atomic E-state index is -0.508. The maximum Gasteiger partial charge on any atom is 0.322 e. The van der Waals surface area contributed by atoms with Crippen molar-refractivity contribution in [2.45, 2.75) is 18.5 Å². The van der Waals surface area contributed by atoms with Crippen LogP contribution in [0.25, 0.3) is 0 Å². The van der Waals surface area contributed by atoms with Crippen LogP contribution in [0.2, 0.25) is 0 Å². The van der Waals surface area contributed by atoms with E-state index in [0.717, 1.165) is 11.3 Å². The third-order valence-corrected chi connectivity index (χ3v) is 3.74. The average Bonchev–Trinajstić information content (AvgIpc) is 2.98. The van der Waals surface area contributed by atoms with Gasteiger partial charge in [0.2, 0.25) is 0 Å². The van der Waals surface area contributed by atoms with E-state index in [4.69, 9.17) is 14.2 Å². The van der Waals surface area contributed by atoms with Crippen molar-refractivity contribution in [1.82, 2.24) is 5.32 Å². The molecule has 0 aliphatic carbocycles. The number of benzene rings is 1. The van der Waals surface area contributed by atoms with Crippen LogP contribution < -0.4 is 10.1 Å². The highest BCUT2D eigenvalue weighted by atomic mass is 16.5. The molecule has 2 rings (SSSR count). The molecule has 1 aliphatic rings. The summed E-state index contributed by atoms with van der Waals surface area (Å²) in [7, 11) is 4.27. The Morgan fingerprint density at radius 2 is 1.67 bits per heavy atom. The molecule has 114 valence electrons. The second kappa shape index (κ2) is 6.58. The van der Waals surface area contributed by atoms with E-state index in [-0.39, 0.29) is 18.0 Å². The molecule has 0 amide bonds. The largest absolute Gasteiger partial charge is 0.497 e. The molecule has 0 saturated carbocycles. The molecule has 0 aromatic heterocycles. The van der Waals surface area contributed by atoms with Crippen LogP contribution in [0.3, 0.4) is 0 Å². The fourth-order valence-corrected chi connectivity index (χ4v) is 2.62. The number of hydrogen-bond acceptors (Lipinski definition) is 6. The van der Waals surface area contributed by atoms with E-state index in [1.54, 1.807) is 7.11 Å². The van der Waals surface area contributed by atoms with Crippen molar-refractivity contribution >= 4 is 11.9 Å². The van der Waals surface area contributed by atoms with Gasteiger partial charge < -0.3 is 14.2 Å². The Labute approximate surface area is 123 Å². The first-order valence-electron chi connectivity index (χ1n) is 6.66. The molecule has 1 heterocycles. The molecule has 0 bridgehead atoms. The number of nitrogens with one attached hydrogen (secondary N) is 1. The Balaban J connectivity index is 2.24. The van der Waals surface area contributed by atoms with Crippen molar-refractivity contribution in [1.29, 1.82) is 0 Å². The van der Waals surface area contributed by atoms with Gasteiger partial charge in [-0.25, -0.2) is 0 Å². The van der Waals surface area contributed by atoms with Crippen molar-refractivity contribution in [2.75, 3.05) is 21.3 Å². The zero-order valence-electron chi connectivity index (χ0n) is 12.3. The standard InChI is InChI=1S/C15H19NO5/c1-19-10-6-4-9(5-7-10)13-11(14(17)20-2)8-12(16-13)15(18)21-3/h4-7,11-13,16H,8H2,1-3H3. The summed E-state index contributed by atoms with van der Waals surface area (Å²) >= 11 is 0. The van der Waals surface area contributed by atoms with Gasteiger partial charge in [0.05, 0.1) is 27.2 Å². The number of hydrogen-bond donors (Lipinski definition) is 1. The molecular formula is C15H19NO5. The van der Waals surface area contributed by atoms with Crippen LogP contribution in [-0.4, -0.2) is 39.3 Å². The number of esters is 2. The van der Waals surface area contributed by atoms with E-state index in [1.165, 1.54) is 14.2 Å². The number of carbonyl (C=O) groups is 2. The van der Waals surface area contributed by atoms with Gasteiger partial charge >= 0.3 is 11.9 Å². The van der Waals surface area contributed by atoms with Crippen LogP contribution in [0.1, 0.15) is 18.0 Å². The molecule has 1 fully saturated rings. The molecule has 0 spiro atoms. The Bertz CT molecular complexity index is 513. The lowest BCUT2D eigenvalue weighted by atomic mass is 9.93.